The maximum absolute atomic E-state index is 5.75. The van der Waals surface area contributed by atoms with E-state index < -0.39 is 0 Å². The number of pyridine rings is 1. The molecule has 1 saturated heterocycles. The highest BCUT2D eigenvalue weighted by molar-refractivity contribution is 5.38. The number of ether oxygens (including phenoxy) is 1. The van der Waals surface area contributed by atoms with Crippen molar-refractivity contribution in [1.29, 1.82) is 0 Å². The fourth-order valence-corrected chi connectivity index (χ4v) is 2.58. The van der Waals surface area contributed by atoms with Gasteiger partial charge in [-0.05, 0) is 31.7 Å². The minimum absolute atomic E-state index is 0.589. The molecule has 0 saturated carbocycles. The number of rotatable bonds is 4. The molecule has 5 nitrogen and oxygen atoms in total. The Morgan fingerprint density at radius 3 is 2.76 bits per heavy atom. The smallest absolute Gasteiger partial charge is 0.213 e. The van der Waals surface area contributed by atoms with Gasteiger partial charge < -0.3 is 9.64 Å². The first kappa shape index (κ1) is 13.8. The molecule has 5 heteroatoms. The van der Waals surface area contributed by atoms with E-state index in [0.29, 0.717) is 11.8 Å². The Bertz CT molecular complexity index is 567. The molecule has 2 aromatic rings. The Labute approximate surface area is 125 Å². The Balaban J connectivity index is 1.49. The number of hydrogen-bond acceptors (Lipinski definition) is 5. The van der Waals surface area contributed by atoms with Crippen LogP contribution in [0.1, 0.15) is 18.5 Å². The topological polar surface area (TPSA) is 51.1 Å². The van der Waals surface area contributed by atoms with Crippen LogP contribution in [-0.4, -0.2) is 34.6 Å². The third-order valence-corrected chi connectivity index (χ3v) is 3.83. The van der Waals surface area contributed by atoms with Crippen LogP contribution in [0.3, 0.4) is 0 Å². The van der Waals surface area contributed by atoms with E-state index in [1.165, 1.54) is 0 Å². The molecule has 0 N–H and O–H groups in total. The molecule has 1 fully saturated rings. The summed E-state index contributed by atoms with van der Waals surface area (Å²) in [7, 11) is 0. The fraction of sp³-hybridized carbons (Fsp3) is 0.438. The van der Waals surface area contributed by atoms with Crippen molar-refractivity contribution < 1.29 is 4.74 Å². The summed E-state index contributed by atoms with van der Waals surface area (Å²) >= 11 is 0. The third kappa shape index (κ3) is 3.68. The second-order valence-electron chi connectivity index (χ2n) is 5.43. The van der Waals surface area contributed by atoms with Crippen molar-refractivity contribution in [3.05, 3.63) is 42.5 Å². The Kier molecular flexibility index (Phi) is 4.28. The van der Waals surface area contributed by atoms with Gasteiger partial charge in [0, 0.05) is 37.1 Å². The zero-order chi connectivity index (χ0) is 14.5. The lowest BCUT2D eigenvalue weighted by atomic mass is 9.98. The van der Waals surface area contributed by atoms with E-state index in [1.807, 2.05) is 31.2 Å². The lowest BCUT2D eigenvalue weighted by molar-refractivity contribution is 0.216. The molecule has 0 aromatic carbocycles. The molecule has 0 radical (unpaired) electrons. The van der Waals surface area contributed by atoms with Crippen LogP contribution in [0.4, 0.5) is 5.82 Å². The summed E-state index contributed by atoms with van der Waals surface area (Å²) in [5.74, 6) is 2.34. The van der Waals surface area contributed by atoms with Gasteiger partial charge in [-0.15, -0.1) is 0 Å². The lowest BCUT2D eigenvalue weighted by Gasteiger charge is -2.32. The number of anilines is 1. The first-order chi connectivity index (χ1) is 10.3. The summed E-state index contributed by atoms with van der Waals surface area (Å²) in [6.45, 7) is 4.78. The normalized spacial score (nSPS) is 16.0. The molecule has 0 bridgehead atoms. The maximum Gasteiger partial charge on any atom is 0.213 e. The molecule has 0 atom stereocenters. The van der Waals surface area contributed by atoms with Crippen molar-refractivity contribution in [2.75, 3.05) is 24.6 Å². The van der Waals surface area contributed by atoms with E-state index in [0.717, 1.165) is 44.0 Å². The van der Waals surface area contributed by atoms with Crippen molar-refractivity contribution in [3.63, 3.8) is 0 Å². The van der Waals surface area contributed by atoms with Crippen LogP contribution < -0.4 is 9.64 Å². The minimum atomic E-state index is 0.589. The van der Waals surface area contributed by atoms with Crippen LogP contribution in [0.5, 0.6) is 5.88 Å². The third-order valence-electron chi connectivity index (χ3n) is 3.83. The van der Waals surface area contributed by atoms with Crippen molar-refractivity contribution >= 4 is 5.82 Å². The highest BCUT2D eigenvalue weighted by Gasteiger charge is 2.20. The summed E-state index contributed by atoms with van der Waals surface area (Å²) in [6.07, 6.45) is 5.64. The summed E-state index contributed by atoms with van der Waals surface area (Å²) < 4.78 is 5.75. The van der Waals surface area contributed by atoms with Gasteiger partial charge in [-0.25, -0.2) is 15.0 Å². The molecule has 0 spiro atoms. The van der Waals surface area contributed by atoms with Crippen LogP contribution >= 0.6 is 0 Å². The first-order valence-electron chi connectivity index (χ1n) is 7.39. The van der Waals surface area contributed by atoms with Gasteiger partial charge in [-0.1, -0.05) is 6.07 Å². The molecule has 0 unspecified atom stereocenters. The zero-order valence-corrected chi connectivity index (χ0v) is 12.3. The molecule has 21 heavy (non-hydrogen) atoms. The second-order valence-corrected chi connectivity index (χ2v) is 5.43. The Morgan fingerprint density at radius 1 is 1.19 bits per heavy atom. The van der Waals surface area contributed by atoms with Crippen LogP contribution in [0.15, 0.2) is 36.8 Å². The van der Waals surface area contributed by atoms with E-state index >= 15 is 0 Å². The van der Waals surface area contributed by atoms with Gasteiger partial charge in [0.1, 0.15) is 12.1 Å². The summed E-state index contributed by atoms with van der Waals surface area (Å²) in [5, 5.41) is 0. The van der Waals surface area contributed by atoms with Crippen LogP contribution in [0.25, 0.3) is 0 Å². The molecular weight excluding hydrogens is 264 g/mol. The second kappa shape index (κ2) is 6.52. The minimum Gasteiger partial charge on any atom is -0.477 e. The van der Waals surface area contributed by atoms with Gasteiger partial charge in [0.25, 0.3) is 0 Å². The van der Waals surface area contributed by atoms with E-state index in [2.05, 4.69) is 19.9 Å². The molecule has 3 rings (SSSR count). The highest BCUT2D eigenvalue weighted by Crippen LogP contribution is 2.22. The lowest BCUT2D eigenvalue weighted by Crippen LogP contribution is -2.36. The first-order valence-corrected chi connectivity index (χ1v) is 7.39. The standard InChI is InChI=1S/C16H20N4O/c1-13-10-15(19-12-18-13)20-8-5-14(6-9-20)11-21-16-4-2-3-7-17-16/h2-4,7,10,12,14H,5-6,8-9,11H2,1H3. The number of hydrogen-bond donors (Lipinski definition) is 0. The van der Waals surface area contributed by atoms with Crippen molar-refractivity contribution in [1.82, 2.24) is 15.0 Å². The van der Waals surface area contributed by atoms with Crippen molar-refractivity contribution in [2.45, 2.75) is 19.8 Å². The van der Waals surface area contributed by atoms with E-state index in [9.17, 15) is 0 Å². The van der Waals surface area contributed by atoms with Crippen molar-refractivity contribution in [3.8, 4) is 5.88 Å². The zero-order valence-electron chi connectivity index (χ0n) is 12.3. The molecule has 0 amide bonds. The SMILES string of the molecule is Cc1cc(N2CCC(COc3ccccn3)CC2)ncn1. The predicted molar refractivity (Wildman–Crippen MR) is 81.4 cm³/mol. The fourth-order valence-electron chi connectivity index (χ4n) is 2.58. The van der Waals surface area contributed by atoms with E-state index in [1.54, 1.807) is 12.5 Å². The molecule has 110 valence electrons. The highest BCUT2D eigenvalue weighted by atomic mass is 16.5. The van der Waals surface area contributed by atoms with Gasteiger partial charge in [0.05, 0.1) is 6.61 Å². The summed E-state index contributed by atoms with van der Waals surface area (Å²) in [6, 6.07) is 7.79. The van der Waals surface area contributed by atoms with Crippen LogP contribution in [0, 0.1) is 12.8 Å². The largest absolute Gasteiger partial charge is 0.477 e. The number of nitrogens with zero attached hydrogens (tertiary/aromatic N) is 4. The molecule has 1 aliphatic heterocycles. The number of piperidine rings is 1. The molecule has 0 aliphatic carbocycles. The summed E-state index contributed by atoms with van der Waals surface area (Å²) in [4.78, 5) is 15.0. The molecule has 3 heterocycles. The average molecular weight is 284 g/mol. The average Bonchev–Trinajstić information content (AvgIpc) is 2.54. The summed E-state index contributed by atoms with van der Waals surface area (Å²) in [5.41, 5.74) is 1.01. The quantitative estimate of drug-likeness (QED) is 0.863. The van der Waals surface area contributed by atoms with E-state index in [4.69, 9.17) is 4.74 Å². The van der Waals surface area contributed by atoms with Crippen LogP contribution in [0.2, 0.25) is 0 Å². The van der Waals surface area contributed by atoms with Crippen LogP contribution in [-0.2, 0) is 0 Å². The van der Waals surface area contributed by atoms with Gasteiger partial charge in [0.2, 0.25) is 5.88 Å². The molecule has 1 aliphatic rings. The number of aryl methyl sites for hydroxylation is 1. The molecular formula is C16H20N4O. The Morgan fingerprint density at radius 2 is 2.05 bits per heavy atom. The number of aromatic nitrogens is 3. The van der Waals surface area contributed by atoms with Gasteiger partial charge >= 0.3 is 0 Å². The van der Waals surface area contributed by atoms with Gasteiger partial charge in [-0.3, -0.25) is 0 Å². The van der Waals surface area contributed by atoms with Crippen molar-refractivity contribution in [2.24, 2.45) is 5.92 Å². The Hall–Kier alpha value is -2.17. The van der Waals surface area contributed by atoms with Gasteiger partial charge in [-0.2, -0.15) is 0 Å². The van der Waals surface area contributed by atoms with E-state index in [-0.39, 0.29) is 0 Å². The monoisotopic (exact) mass is 284 g/mol. The predicted octanol–water partition coefficient (Wildman–Crippen LogP) is 2.48. The van der Waals surface area contributed by atoms with Gasteiger partial charge in [0.15, 0.2) is 0 Å². The maximum atomic E-state index is 5.75. The molecule has 2 aromatic heterocycles.